The Balaban J connectivity index is 1.45. The zero-order valence-corrected chi connectivity index (χ0v) is 21.5. The quantitative estimate of drug-likeness (QED) is 0.508. The molecule has 4 rings (SSSR count). The fraction of sp³-hybridized carbons (Fsp3) is 0.464. The van der Waals surface area contributed by atoms with Gasteiger partial charge in [0.05, 0.1) is 16.9 Å². The molecule has 0 bridgehead atoms. The molecule has 1 atom stereocenters. The van der Waals surface area contributed by atoms with Gasteiger partial charge in [-0.1, -0.05) is 25.3 Å². The fourth-order valence-electron chi connectivity index (χ4n) is 4.80. The topological polar surface area (TPSA) is 99.8 Å². The van der Waals surface area contributed by atoms with Crippen LogP contribution in [0.5, 0.6) is 0 Å². The minimum atomic E-state index is -0.722. The normalized spacial score (nSPS) is 18.5. The van der Waals surface area contributed by atoms with Crippen molar-refractivity contribution in [2.24, 2.45) is 0 Å². The molecule has 0 saturated heterocycles. The third-order valence-corrected chi connectivity index (χ3v) is 6.51. The van der Waals surface area contributed by atoms with Crippen molar-refractivity contribution in [2.75, 3.05) is 22.1 Å². The highest BCUT2D eigenvalue weighted by atomic mass is 16.6. The monoisotopic (exact) mass is 492 g/mol. The molecule has 1 fully saturated rings. The van der Waals surface area contributed by atoms with Crippen LogP contribution in [0.4, 0.5) is 21.9 Å². The molecule has 0 spiro atoms. The Morgan fingerprint density at radius 2 is 1.72 bits per heavy atom. The first-order valence-electron chi connectivity index (χ1n) is 12.7. The van der Waals surface area contributed by atoms with Crippen LogP contribution in [0.1, 0.15) is 68.8 Å². The lowest BCUT2D eigenvalue weighted by atomic mass is 9.93. The molecule has 192 valence electrons. The molecule has 36 heavy (non-hydrogen) atoms. The van der Waals surface area contributed by atoms with Gasteiger partial charge in [-0.15, -0.1) is 0 Å². The van der Waals surface area contributed by atoms with Crippen molar-refractivity contribution >= 4 is 35.0 Å². The molecule has 3 N–H and O–H groups in total. The summed E-state index contributed by atoms with van der Waals surface area (Å²) in [6.07, 6.45) is 5.72. The van der Waals surface area contributed by atoms with Crippen LogP contribution in [0.3, 0.4) is 0 Å². The van der Waals surface area contributed by atoms with Gasteiger partial charge in [-0.3, -0.25) is 4.79 Å². The zero-order chi connectivity index (χ0) is 25.9. The summed E-state index contributed by atoms with van der Waals surface area (Å²) in [4.78, 5) is 40.5. The first-order chi connectivity index (χ1) is 17.1. The number of hydrogen-bond donors (Lipinski definition) is 3. The SMILES string of the molecule is Cc1ccc2c(c1)NC(=O)[C@H](NC(=O)Nc1ccc(C(=O)OC(C)(C)C)cc1)CN2C1CCCCC1. The van der Waals surface area contributed by atoms with E-state index in [0.29, 0.717) is 23.8 Å². The average Bonchev–Trinajstić information content (AvgIpc) is 2.94. The van der Waals surface area contributed by atoms with Crippen molar-refractivity contribution < 1.29 is 19.1 Å². The highest BCUT2D eigenvalue weighted by molar-refractivity contribution is 6.03. The van der Waals surface area contributed by atoms with E-state index in [0.717, 1.165) is 29.8 Å². The lowest BCUT2D eigenvalue weighted by Gasteiger charge is -2.37. The number of fused-ring (bicyclic) bond motifs is 1. The molecule has 2 aromatic carbocycles. The predicted octanol–water partition coefficient (Wildman–Crippen LogP) is 5.23. The summed E-state index contributed by atoms with van der Waals surface area (Å²) in [7, 11) is 0. The number of ether oxygens (including phenoxy) is 1. The Kier molecular flexibility index (Phi) is 7.52. The number of aryl methyl sites for hydroxylation is 1. The van der Waals surface area contributed by atoms with Gasteiger partial charge < -0.3 is 25.6 Å². The van der Waals surface area contributed by atoms with E-state index >= 15 is 0 Å². The molecule has 1 saturated carbocycles. The number of rotatable bonds is 4. The molecule has 0 unspecified atom stereocenters. The summed E-state index contributed by atoms with van der Waals surface area (Å²) < 4.78 is 5.38. The van der Waals surface area contributed by atoms with Crippen LogP contribution in [-0.2, 0) is 9.53 Å². The smallest absolute Gasteiger partial charge is 0.338 e. The maximum Gasteiger partial charge on any atom is 0.338 e. The number of urea groups is 1. The number of benzene rings is 2. The second-order valence-corrected chi connectivity index (χ2v) is 10.7. The summed E-state index contributed by atoms with van der Waals surface area (Å²) in [5.41, 5.74) is 3.18. The maximum atomic E-state index is 13.1. The molecule has 3 amide bonds. The fourth-order valence-corrected chi connectivity index (χ4v) is 4.80. The van der Waals surface area contributed by atoms with Gasteiger partial charge in [0.15, 0.2) is 0 Å². The highest BCUT2D eigenvalue weighted by Gasteiger charge is 2.33. The Morgan fingerprint density at radius 3 is 2.39 bits per heavy atom. The van der Waals surface area contributed by atoms with Gasteiger partial charge in [0.1, 0.15) is 11.6 Å². The minimum absolute atomic E-state index is 0.240. The van der Waals surface area contributed by atoms with Crippen LogP contribution in [0.2, 0.25) is 0 Å². The van der Waals surface area contributed by atoms with E-state index in [1.165, 1.54) is 19.3 Å². The van der Waals surface area contributed by atoms with E-state index < -0.39 is 23.6 Å². The lowest BCUT2D eigenvalue weighted by Crippen LogP contribution is -2.52. The van der Waals surface area contributed by atoms with Crippen LogP contribution in [0.15, 0.2) is 42.5 Å². The molecule has 1 aliphatic heterocycles. The molecule has 0 aromatic heterocycles. The van der Waals surface area contributed by atoms with Crippen molar-refractivity contribution in [1.29, 1.82) is 0 Å². The summed E-state index contributed by atoms with van der Waals surface area (Å²) in [6.45, 7) is 7.83. The van der Waals surface area contributed by atoms with Crippen LogP contribution in [-0.4, -0.2) is 42.1 Å². The van der Waals surface area contributed by atoms with Crippen LogP contribution >= 0.6 is 0 Å². The van der Waals surface area contributed by atoms with Gasteiger partial charge in [-0.2, -0.15) is 0 Å². The number of hydrogen-bond acceptors (Lipinski definition) is 5. The standard InChI is InChI=1S/C28H36N4O4/c1-18-10-15-24-22(16-18)30-25(33)23(17-32(24)21-8-6-5-7-9-21)31-27(35)29-20-13-11-19(12-14-20)26(34)36-28(2,3)4/h10-16,21,23H,5-9,17H2,1-4H3,(H,30,33)(H2,29,31,35)/t23-/m1/s1. The van der Waals surface area contributed by atoms with Crippen LogP contribution < -0.4 is 20.9 Å². The van der Waals surface area contributed by atoms with Crippen molar-refractivity contribution in [3.05, 3.63) is 53.6 Å². The number of nitrogens with zero attached hydrogens (tertiary/aromatic N) is 1. The van der Waals surface area contributed by atoms with Gasteiger partial charge in [-0.25, -0.2) is 9.59 Å². The van der Waals surface area contributed by atoms with Crippen molar-refractivity contribution in [2.45, 2.75) is 77.5 Å². The van der Waals surface area contributed by atoms with E-state index in [-0.39, 0.29) is 5.91 Å². The molecule has 8 heteroatoms. The Bertz CT molecular complexity index is 1120. The van der Waals surface area contributed by atoms with Gasteiger partial charge >= 0.3 is 12.0 Å². The first-order valence-corrected chi connectivity index (χ1v) is 12.7. The van der Waals surface area contributed by atoms with Crippen LogP contribution in [0, 0.1) is 6.92 Å². The molecule has 1 aliphatic carbocycles. The van der Waals surface area contributed by atoms with E-state index in [9.17, 15) is 14.4 Å². The van der Waals surface area contributed by atoms with Gasteiger partial charge in [0.25, 0.3) is 0 Å². The summed E-state index contributed by atoms with van der Waals surface area (Å²) in [5, 5.41) is 8.63. The summed E-state index contributed by atoms with van der Waals surface area (Å²) in [6, 6.07) is 11.7. The third kappa shape index (κ3) is 6.36. The number of nitrogens with one attached hydrogen (secondary N) is 3. The number of carbonyl (C=O) groups excluding carboxylic acids is 3. The first kappa shape index (κ1) is 25.5. The molecule has 8 nitrogen and oxygen atoms in total. The van der Waals surface area contributed by atoms with E-state index in [1.807, 2.05) is 33.8 Å². The highest BCUT2D eigenvalue weighted by Crippen LogP contribution is 2.35. The summed E-state index contributed by atoms with van der Waals surface area (Å²) >= 11 is 0. The Labute approximate surface area is 212 Å². The third-order valence-electron chi connectivity index (χ3n) is 6.51. The number of esters is 1. The second kappa shape index (κ2) is 10.6. The van der Waals surface area contributed by atoms with Crippen molar-refractivity contribution in [3.63, 3.8) is 0 Å². The average molecular weight is 493 g/mol. The number of anilines is 3. The number of amides is 3. The molecule has 2 aliphatic rings. The predicted molar refractivity (Wildman–Crippen MR) is 142 cm³/mol. The van der Waals surface area contributed by atoms with E-state index in [2.05, 4.69) is 33.0 Å². The molecule has 0 radical (unpaired) electrons. The maximum absolute atomic E-state index is 13.1. The zero-order valence-electron chi connectivity index (χ0n) is 21.5. The van der Waals surface area contributed by atoms with E-state index in [4.69, 9.17) is 4.74 Å². The summed E-state index contributed by atoms with van der Waals surface area (Å²) in [5.74, 6) is -0.665. The Morgan fingerprint density at radius 1 is 1.03 bits per heavy atom. The molecular weight excluding hydrogens is 456 g/mol. The molecule has 1 heterocycles. The van der Waals surface area contributed by atoms with Crippen molar-refractivity contribution in [3.8, 4) is 0 Å². The van der Waals surface area contributed by atoms with Gasteiger partial charge in [0.2, 0.25) is 5.91 Å². The second-order valence-electron chi connectivity index (χ2n) is 10.7. The molecule has 2 aromatic rings. The molecular formula is C28H36N4O4. The van der Waals surface area contributed by atoms with E-state index in [1.54, 1.807) is 24.3 Å². The van der Waals surface area contributed by atoms with Crippen LogP contribution in [0.25, 0.3) is 0 Å². The largest absolute Gasteiger partial charge is 0.456 e. The van der Waals surface area contributed by atoms with Gasteiger partial charge in [-0.05, 0) is 82.5 Å². The number of carbonyl (C=O) groups is 3. The Hall–Kier alpha value is -3.55. The minimum Gasteiger partial charge on any atom is -0.456 e. The van der Waals surface area contributed by atoms with Gasteiger partial charge in [0, 0.05) is 18.3 Å². The van der Waals surface area contributed by atoms with Crippen molar-refractivity contribution in [1.82, 2.24) is 5.32 Å². The lowest BCUT2D eigenvalue weighted by molar-refractivity contribution is -0.117.